The Morgan fingerprint density at radius 2 is 1.51 bits per heavy atom. The lowest BCUT2D eigenvalue weighted by molar-refractivity contribution is -0.143. The van der Waals surface area contributed by atoms with E-state index in [1.807, 2.05) is 54.6 Å². The Bertz CT molecular complexity index is 1500. The number of nitrogens with one attached hydrogen (secondary N) is 3. The highest BCUT2D eigenvalue weighted by atomic mass is 19.4. The summed E-state index contributed by atoms with van der Waals surface area (Å²) in [5, 5.41) is 8.97. The molecule has 0 radical (unpaired) electrons. The predicted octanol–water partition coefficient (Wildman–Crippen LogP) is 3.81. The van der Waals surface area contributed by atoms with Crippen molar-refractivity contribution in [2.75, 3.05) is 26.2 Å². The molecule has 0 saturated carbocycles. The average molecular weight is 652 g/mol. The van der Waals surface area contributed by atoms with E-state index in [2.05, 4.69) is 16.0 Å². The summed E-state index contributed by atoms with van der Waals surface area (Å²) in [7, 11) is 0. The van der Waals surface area contributed by atoms with Crippen molar-refractivity contribution in [1.29, 1.82) is 0 Å². The summed E-state index contributed by atoms with van der Waals surface area (Å²) in [5.74, 6) is 0.375. The zero-order valence-corrected chi connectivity index (χ0v) is 26.0. The van der Waals surface area contributed by atoms with Crippen LogP contribution in [0.3, 0.4) is 0 Å². The van der Waals surface area contributed by atoms with Gasteiger partial charge in [0.15, 0.2) is 0 Å². The third-order valence-corrected chi connectivity index (χ3v) is 8.66. The second-order valence-corrected chi connectivity index (χ2v) is 12.1. The smallest absolute Gasteiger partial charge is 0.416 e. The first-order valence-corrected chi connectivity index (χ1v) is 15.9. The van der Waals surface area contributed by atoms with Gasteiger partial charge in [-0.15, -0.1) is 0 Å². The minimum Gasteiger partial charge on any atom is -0.457 e. The van der Waals surface area contributed by atoms with Crippen molar-refractivity contribution in [3.8, 4) is 11.5 Å². The minimum absolute atomic E-state index is 0.0147. The van der Waals surface area contributed by atoms with Gasteiger partial charge in [0.2, 0.25) is 17.7 Å². The number of carbonyl (C=O) groups is 3. The number of benzene rings is 3. The van der Waals surface area contributed by atoms with Gasteiger partial charge in [0.05, 0.1) is 11.6 Å². The molecule has 2 fully saturated rings. The van der Waals surface area contributed by atoms with Gasteiger partial charge in [-0.2, -0.15) is 13.2 Å². The molecule has 0 bridgehead atoms. The van der Waals surface area contributed by atoms with Crippen LogP contribution in [-0.4, -0.2) is 66.9 Å². The molecule has 3 amide bonds. The molecule has 5 N–H and O–H groups in total. The number of nitrogens with zero attached hydrogens (tertiary/aromatic N) is 1. The molecule has 3 aromatic carbocycles. The van der Waals surface area contributed by atoms with Gasteiger partial charge < -0.3 is 31.3 Å². The van der Waals surface area contributed by atoms with E-state index in [-0.39, 0.29) is 37.6 Å². The Hall–Kier alpha value is -4.42. The molecule has 2 aliphatic rings. The Labute approximate surface area is 272 Å². The average Bonchev–Trinajstić information content (AvgIpc) is 3.06. The maximum atomic E-state index is 13.7. The molecule has 2 aliphatic heterocycles. The molecule has 9 nitrogen and oxygen atoms in total. The number of rotatable bonds is 12. The largest absolute Gasteiger partial charge is 0.457 e. The SMILES string of the molecule is NCCC(=O)N(CC1CCNCC1)C(Cc1ccc(Oc2ccccc2)cc1)[C@@H]1NC(=O)[C@H](Cc2ccc(C(F)(F)F)cc2)NC1=O. The second kappa shape index (κ2) is 15.4. The van der Waals surface area contributed by atoms with Crippen molar-refractivity contribution in [1.82, 2.24) is 20.9 Å². The zero-order chi connectivity index (χ0) is 33.4. The van der Waals surface area contributed by atoms with E-state index in [1.165, 1.54) is 12.1 Å². The van der Waals surface area contributed by atoms with Gasteiger partial charge in [-0.05, 0) is 85.8 Å². The molecule has 0 spiro atoms. The molecular weight excluding hydrogens is 611 g/mol. The molecule has 47 heavy (non-hydrogen) atoms. The van der Waals surface area contributed by atoms with E-state index in [1.54, 1.807) is 4.90 Å². The van der Waals surface area contributed by atoms with Gasteiger partial charge in [0.1, 0.15) is 23.6 Å². The number of ether oxygens (including phenoxy) is 1. The summed E-state index contributed by atoms with van der Waals surface area (Å²) in [4.78, 5) is 42.5. The fraction of sp³-hybridized carbons (Fsp3) is 0.400. The van der Waals surface area contributed by atoms with E-state index in [0.717, 1.165) is 43.6 Å². The number of halogens is 3. The standard InChI is InChI=1S/C35H40F3N5O4/c36-35(37,38)26-10-6-23(7-11-26)20-29-33(45)42-32(34(46)41-29)30(43(31(44)14-17-39)22-25-15-18-40-19-16-25)21-24-8-12-28(13-9-24)47-27-4-2-1-3-5-27/h1-13,25,29-30,32,40H,14-22,39H2,(H,41,46)(H,42,45)/t29-,30?,32-/m0/s1. The van der Waals surface area contributed by atoms with Crippen LogP contribution in [0.4, 0.5) is 13.2 Å². The summed E-state index contributed by atoms with van der Waals surface area (Å²) in [5.41, 5.74) is 6.31. The molecule has 0 aliphatic carbocycles. The van der Waals surface area contributed by atoms with E-state index in [0.29, 0.717) is 23.6 Å². The fourth-order valence-corrected chi connectivity index (χ4v) is 6.13. The highest BCUT2D eigenvalue weighted by Crippen LogP contribution is 2.30. The summed E-state index contributed by atoms with van der Waals surface area (Å²) in [6.45, 7) is 2.19. The number of para-hydroxylation sites is 1. The number of piperidine rings is 1. The molecule has 0 aromatic heterocycles. The number of nitrogens with two attached hydrogens (primary N) is 1. The zero-order valence-electron chi connectivity index (χ0n) is 26.0. The summed E-state index contributed by atoms with van der Waals surface area (Å²) in [6, 6.07) is 18.5. The van der Waals surface area contributed by atoms with E-state index < -0.39 is 41.7 Å². The third kappa shape index (κ3) is 9.11. The van der Waals surface area contributed by atoms with Crippen LogP contribution in [0.2, 0.25) is 0 Å². The van der Waals surface area contributed by atoms with Crippen molar-refractivity contribution in [2.45, 2.75) is 56.4 Å². The molecule has 12 heteroatoms. The van der Waals surface area contributed by atoms with Gasteiger partial charge in [-0.3, -0.25) is 14.4 Å². The second-order valence-electron chi connectivity index (χ2n) is 12.1. The Kier molecular flexibility index (Phi) is 11.2. The number of hydrogen-bond donors (Lipinski definition) is 4. The highest BCUT2D eigenvalue weighted by molar-refractivity contribution is 5.98. The van der Waals surface area contributed by atoms with Crippen LogP contribution >= 0.6 is 0 Å². The monoisotopic (exact) mass is 651 g/mol. The summed E-state index contributed by atoms with van der Waals surface area (Å²) >= 11 is 0. The Balaban J connectivity index is 1.37. The van der Waals surface area contributed by atoms with Crippen molar-refractivity contribution < 1.29 is 32.3 Å². The quantitative estimate of drug-likeness (QED) is 0.236. The van der Waals surface area contributed by atoms with Crippen LogP contribution in [0, 0.1) is 5.92 Å². The van der Waals surface area contributed by atoms with Gasteiger partial charge in [-0.25, -0.2) is 0 Å². The number of alkyl halides is 3. The van der Waals surface area contributed by atoms with E-state index >= 15 is 0 Å². The lowest BCUT2D eigenvalue weighted by atomic mass is 9.90. The maximum Gasteiger partial charge on any atom is 0.416 e. The van der Waals surface area contributed by atoms with Gasteiger partial charge >= 0.3 is 6.18 Å². The van der Waals surface area contributed by atoms with Crippen molar-refractivity contribution >= 4 is 17.7 Å². The number of carbonyl (C=O) groups excluding carboxylic acids is 3. The normalized spacial score (nSPS) is 19.4. The first kappa shape index (κ1) is 33.9. The lowest BCUT2D eigenvalue weighted by Gasteiger charge is -2.42. The highest BCUT2D eigenvalue weighted by Gasteiger charge is 2.42. The summed E-state index contributed by atoms with van der Waals surface area (Å²) in [6.07, 6.45) is -2.38. The molecule has 2 saturated heterocycles. The van der Waals surface area contributed by atoms with E-state index in [4.69, 9.17) is 10.5 Å². The van der Waals surface area contributed by atoms with E-state index in [9.17, 15) is 27.6 Å². The molecule has 5 rings (SSSR count). The maximum absolute atomic E-state index is 13.7. The molecule has 2 heterocycles. The molecule has 3 atom stereocenters. The van der Waals surface area contributed by atoms with Crippen molar-refractivity contribution in [3.63, 3.8) is 0 Å². The predicted molar refractivity (Wildman–Crippen MR) is 170 cm³/mol. The Morgan fingerprint density at radius 1 is 0.872 bits per heavy atom. The van der Waals surface area contributed by atoms with Crippen LogP contribution in [0.25, 0.3) is 0 Å². The topological polar surface area (TPSA) is 126 Å². The van der Waals surface area contributed by atoms with Crippen molar-refractivity contribution in [3.05, 3.63) is 95.6 Å². The first-order valence-electron chi connectivity index (χ1n) is 15.9. The first-order chi connectivity index (χ1) is 22.6. The van der Waals surface area contributed by atoms with Crippen LogP contribution in [0.1, 0.15) is 36.0 Å². The van der Waals surface area contributed by atoms with Crippen LogP contribution in [0.15, 0.2) is 78.9 Å². The van der Waals surface area contributed by atoms with Crippen molar-refractivity contribution in [2.24, 2.45) is 11.7 Å². The molecule has 3 aromatic rings. The molecule has 250 valence electrons. The summed E-state index contributed by atoms with van der Waals surface area (Å²) < 4.78 is 45.0. The molecule has 1 unspecified atom stereocenters. The van der Waals surface area contributed by atoms with Crippen LogP contribution < -0.4 is 26.4 Å². The fourth-order valence-electron chi connectivity index (χ4n) is 6.13. The number of hydrogen-bond acceptors (Lipinski definition) is 6. The number of amides is 3. The van der Waals surface area contributed by atoms with Crippen LogP contribution in [-0.2, 0) is 33.4 Å². The third-order valence-electron chi connectivity index (χ3n) is 8.66. The van der Waals surface area contributed by atoms with Gasteiger partial charge in [0, 0.05) is 25.9 Å². The lowest BCUT2D eigenvalue weighted by Crippen LogP contribution is -2.69. The van der Waals surface area contributed by atoms with Crippen LogP contribution in [0.5, 0.6) is 11.5 Å². The number of piperazine rings is 1. The molecular formula is C35H40F3N5O4. The Morgan fingerprint density at radius 3 is 2.15 bits per heavy atom. The van der Waals surface area contributed by atoms with Gasteiger partial charge in [-0.1, -0.05) is 42.5 Å². The van der Waals surface area contributed by atoms with Gasteiger partial charge in [0.25, 0.3) is 0 Å². The minimum atomic E-state index is -4.48.